The Morgan fingerprint density at radius 1 is 0.950 bits per heavy atom. The van der Waals surface area contributed by atoms with Gasteiger partial charge in [0.05, 0.1) is 0 Å². The summed E-state index contributed by atoms with van der Waals surface area (Å²) in [4.78, 5) is 0. The number of halogens is 2. The average molecular weight is 291 g/mol. The van der Waals surface area contributed by atoms with Crippen molar-refractivity contribution >= 4 is 11.6 Å². The third-order valence-corrected chi connectivity index (χ3v) is 4.16. The quantitative estimate of drug-likeness (QED) is 0.673. The van der Waals surface area contributed by atoms with Gasteiger partial charge in [-0.05, 0) is 67.0 Å². The molecule has 0 aliphatic rings. The molecular weight excluding hydrogens is 271 g/mol. The summed E-state index contributed by atoms with van der Waals surface area (Å²) in [5.41, 5.74) is 4.93. The summed E-state index contributed by atoms with van der Waals surface area (Å²) in [6.45, 7) is 4.24. The first-order valence-electron chi connectivity index (χ1n) is 6.95. The van der Waals surface area contributed by atoms with E-state index < -0.39 is 0 Å². The Morgan fingerprint density at radius 2 is 1.65 bits per heavy atom. The molecule has 1 atom stereocenters. The number of hydrogen-bond acceptors (Lipinski definition) is 0. The van der Waals surface area contributed by atoms with Crippen LogP contribution in [0.4, 0.5) is 4.39 Å². The fourth-order valence-corrected chi connectivity index (χ4v) is 2.66. The number of alkyl halides is 1. The highest BCUT2D eigenvalue weighted by atomic mass is 35.5. The highest BCUT2D eigenvalue weighted by molar-refractivity contribution is 6.18. The normalized spacial score (nSPS) is 12.4. The van der Waals surface area contributed by atoms with Crippen molar-refractivity contribution in [2.24, 2.45) is 5.92 Å². The molecule has 0 aliphatic carbocycles. The van der Waals surface area contributed by atoms with Crippen LogP contribution >= 0.6 is 11.6 Å². The Bertz CT molecular complexity index is 577. The van der Waals surface area contributed by atoms with Gasteiger partial charge in [0.15, 0.2) is 0 Å². The Balaban J connectivity index is 2.07. The van der Waals surface area contributed by atoms with E-state index in [0.717, 1.165) is 18.4 Å². The van der Waals surface area contributed by atoms with Crippen LogP contribution in [0, 0.1) is 25.6 Å². The monoisotopic (exact) mass is 290 g/mol. The van der Waals surface area contributed by atoms with E-state index in [2.05, 4.69) is 32.0 Å². The van der Waals surface area contributed by atoms with Gasteiger partial charge in [0, 0.05) is 5.88 Å². The topological polar surface area (TPSA) is 0 Å². The fraction of sp³-hybridized carbons (Fsp3) is 0.333. The van der Waals surface area contributed by atoms with Crippen molar-refractivity contribution in [3.05, 3.63) is 70.5 Å². The Kier molecular flexibility index (Phi) is 5.19. The van der Waals surface area contributed by atoms with Crippen molar-refractivity contribution in [1.82, 2.24) is 0 Å². The molecule has 0 aliphatic heterocycles. The zero-order valence-electron chi connectivity index (χ0n) is 12.0. The van der Waals surface area contributed by atoms with E-state index in [-0.39, 0.29) is 5.82 Å². The highest BCUT2D eigenvalue weighted by Gasteiger charge is 2.11. The molecule has 0 amide bonds. The van der Waals surface area contributed by atoms with Crippen LogP contribution in [0.25, 0.3) is 0 Å². The van der Waals surface area contributed by atoms with Gasteiger partial charge in [-0.25, -0.2) is 4.39 Å². The summed E-state index contributed by atoms with van der Waals surface area (Å²) in [5, 5.41) is 0. The van der Waals surface area contributed by atoms with Crippen LogP contribution in [-0.4, -0.2) is 5.88 Å². The van der Waals surface area contributed by atoms with E-state index in [9.17, 15) is 4.39 Å². The third kappa shape index (κ3) is 4.08. The van der Waals surface area contributed by atoms with E-state index >= 15 is 0 Å². The fourth-order valence-electron chi connectivity index (χ4n) is 2.44. The van der Waals surface area contributed by atoms with E-state index in [0.29, 0.717) is 11.8 Å². The number of aryl methyl sites for hydroxylation is 2. The summed E-state index contributed by atoms with van der Waals surface area (Å²) in [6.07, 6.45) is 1.75. The van der Waals surface area contributed by atoms with Crippen molar-refractivity contribution in [3.8, 4) is 0 Å². The lowest BCUT2D eigenvalue weighted by molar-refractivity contribution is 0.576. The number of hydrogen-bond donors (Lipinski definition) is 0. The Hall–Kier alpha value is -1.34. The molecule has 0 bridgehead atoms. The van der Waals surface area contributed by atoms with E-state index in [1.807, 2.05) is 6.07 Å². The standard InChI is InChI=1S/C18H20ClF/c1-13-6-7-16(8-14(13)2)10-17(12-19)9-15-4-3-5-18(20)11-15/h3-8,11,17H,9-10,12H2,1-2H3. The summed E-state index contributed by atoms with van der Waals surface area (Å²) in [7, 11) is 0. The molecule has 0 saturated heterocycles. The third-order valence-electron chi connectivity index (χ3n) is 3.73. The minimum atomic E-state index is -0.179. The molecule has 2 heteroatoms. The SMILES string of the molecule is Cc1ccc(CC(CCl)Cc2cccc(F)c2)cc1C. The molecule has 2 aromatic rings. The molecule has 2 aromatic carbocycles. The second kappa shape index (κ2) is 6.90. The second-order valence-electron chi connectivity index (χ2n) is 5.48. The van der Waals surface area contributed by atoms with Crippen molar-refractivity contribution in [2.45, 2.75) is 26.7 Å². The van der Waals surface area contributed by atoms with Gasteiger partial charge in [-0.2, -0.15) is 0 Å². The number of benzene rings is 2. The molecule has 0 radical (unpaired) electrons. The van der Waals surface area contributed by atoms with Gasteiger partial charge in [0.25, 0.3) is 0 Å². The van der Waals surface area contributed by atoms with Gasteiger partial charge in [0.1, 0.15) is 5.82 Å². The highest BCUT2D eigenvalue weighted by Crippen LogP contribution is 2.19. The lowest BCUT2D eigenvalue weighted by atomic mass is 9.92. The summed E-state index contributed by atoms with van der Waals surface area (Å²) in [5.74, 6) is 0.742. The molecule has 0 fully saturated rings. The average Bonchev–Trinajstić information content (AvgIpc) is 2.42. The van der Waals surface area contributed by atoms with Gasteiger partial charge < -0.3 is 0 Å². The molecule has 0 spiro atoms. The van der Waals surface area contributed by atoms with Gasteiger partial charge in [0.2, 0.25) is 0 Å². The summed E-state index contributed by atoms with van der Waals surface area (Å²) < 4.78 is 13.2. The van der Waals surface area contributed by atoms with Crippen molar-refractivity contribution in [3.63, 3.8) is 0 Å². The molecule has 0 N–H and O–H groups in total. The summed E-state index contributed by atoms with van der Waals surface area (Å²) >= 11 is 6.08. The lowest BCUT2D eigenvalue weighted by Crippen LogP contribution is -2.10. The van der Waals surface area contributed by atoms with Crippen molar-refractivity contribution in [2.75, 3.05) is 5.88 Å². The molecular formula is C18H20ClF. The second-order valence-corrected chi connectivity index (χ2v) is 5.79. The first kappa shape index (κ1) is 15.1. The smallest absolute Gasteiger partial charge is 0.123 e. The Labute approximate surface area is 125 Å². The minimum Gasteiger partial charge on any atom is -0.207 e. The van der Waals surface area contributed by atoms with E-state index in [4.69, 9.17) is 11.6 Å². The molecule has 20 heavy (non-hydrogen) atoms. The van der Waals surface area contributed by atoms with E-state index in [1.165, 1.54) is 22.8 Å². The van der Waals surface area contributed by atoms with Gasteiger partial charge in [-0.3, -0.25) is 0 Å². The van der Waals surface area contributed by atoms with Gasteiger partial charge >= 0.3 is 0 Å². The zero-order chi connectivity index (χ0) is 14.5. The molecule has 0 aromatic heterocycles. The predicted molar refractivity (Wildman–Crippen MR) is 83.9 cm³/mol. The maximum absolute atomic E-state index is 13.2. The maximum Gasteiger partial charge on any atom is 0.123 e. The van der Waals surface area contributed by atoms with Crippen LogP contribution in [-0.2, 0) is 12.8 Å². The van der Waals surface area contributed by atoms with Crippen LogP contribution in [0.5, 0.6) is 0 Å². The van der Waals surface area contributed by atoms with Crippen LogP contribution in [0.3, 0.4) is 0 Å². The minimum absolute atomic E-state index is 0.179. The van der Waals surface area contributed by atoms with Crippen LogP contribution in [0.1, 0.15) is 22.3 Å². The molecule has 1 unspecified atom stereocenters. The van der Waals surface area contributed by atoms with Crippen molar-refractivity contribution < 1.29 is 4.39 Å². The first-order valence-corrected chi connectivity index (χ1v) is 7.48. The zero-order valence-corrected chi connectivity index (χ0v) is 12.8. The maximum atomic E-state index is 13.2. The molecule has 2 rings (SSSR count). The molecule has 0 saturated carbocycles. The van der Waals surface area contributed by atoms with Crippen LogP contribution in [0.2, 0.25) is 0 Å². The first-order chi connectivity index (χ1) is 9.58. The van der Waals surface area contributed by atoms with Gasteiger partial charge in [-0.1, -0.05) is 30.3 Å². The largest absolute Gasteiger partial charge is 0.207 e. The van der Waals surface area contributed by atoms with Crippen LogP contribution < -0.4 is 0 Å². The Morgan fingerprint density at radius 3 is 2.25 bits per heavy atom. The van der Waals surface area contributed by atoms with Crippen molar-refractivity contribution in [1.29, 1.82) is 0 Å². The molecule has 0 nitrogen and oxygen atoms in total. The lowest BCUT2D eigenvalue weighted by Gasteiger charge is -2.15. The van der Waals surface area contributed by atoms with E-state index in [1.54, 1.807) is 12.1 Å². The predicted octanol–water partition coefficient (Wildman–Crippen LogP) is 5.08. The number of rotatable bonds is 5. The molecule has 0 heterocycles. The summed E-state index contributed by atoms with van der Waals surface area (Å²) in [6, 6.07) is 13.3. The van der Waals surface area contributed by atoms with Gasteiger partial charge in [-0.15, -0.1) is 11.6 Å². The van der Waals surface area contributed by atoms with Crippen LogP contribution in [0.15, 0.2) is 42.5 Å². The molecule has 106 valence electrons.